The summed E-state index contributed by atoms with van der Waals surface area (Å²) in [5.74, 6) is 0.317. The molecule has 1 aliphatic rings. The Labute approximate surface area is 125 Å². The fourth-order valence-electron chi connectivity index (χ4n) is 2.66. The zero-order chi connectivity index (χ0) is 15.5. The summed E-state index contributed by atoms with van der Waals surface area (Å²) in [6.07, 6.45) is 1.62. The monoisotopic (exact) mass is 292 g/mol. The molecule has 21 heavy (non-hydrogen) atoms. The first-order valence-electron chi connectivity index (χ1n) is 7.39. The van der Waals surface area contributed by atoms with Gasteiger partial charge in [-0.15, -0.1) is 0 Å². The number of benzene rings is 1. The van der Waals surface area contributed by atoms with Gasteiger partial charge in [0.1, 0.15) is 0 Å². The molecule has 1 atom stereocenters. The number of ether oxygens (including phenoxy) is 2. The molecule has 1 fully saturated rings. The van der Waals surface area contributed by atoms with Gasteiger partial charge >= 0.3 is 0 Å². The van der Waals surface area contributed by atoms with Crippen LogP contribution in [0, 0.1) is 0 Å². The molecule has 116 valence electrons. The van der Waals surface area contributed by atoms with Gasteiger partial charge in [0, 0.05) is 12.6 Å². The second-order valence-corrected chi connectivity index (χ2v) is 5.93. The van der Waals surface area contributed by atoms with E-state index in [9.17, 15) is 4.79 Å². The summed E-state index contributed by atoms with van der Waals surface area (Å²) in [4.78, 5) is 12.5. The second-order valence-electron chi connectivity index (χ2n) is 5.93. The summed E-state index contributed by atoms with van der Waals surface area (Å²) in [5.41, 5.74) is 6.67. The number of hydrogen-bond acceptors (Lipinski definition) is 4. The predicted molar refractivity (Wildman–Crippen MR) is 82.5 cm³/mol. The molecule has 0 radical (unpaired) electrons. The molecule has 1 aromatic rings. The van der Waals surface area contributed by atoms with Gasteiger partial charge in [-0.05, 0) is 45.7 Å². The van der Waals surface area contributed by atoms with E-state index in [0.29, 0.717) is 30.2 Å². The van der Waals surface area contributed by atoms with E-state index in [4.69, 9.17) is 15.2 Å². The fourth-order valence-corrected chi connectivity index (χ4v) is 2.66. The Morgan fingerprint density at radius 2 is 2.29 bits per heavy atom. The number of anilines is 1. The van der Waals surface area contributed by atoms with Crippen LogP contribution >= 0.6 is 0 Å². The first-order chi connectivity index (χ1) is 9.93. The van der Waals surface area contributed by atoms with Crippen LogP contribution in [0.15, 0.2) is 18.2 Å². The molecule has 5 nitrogen and oxygen atoms in total. The SMILES string of the molecule is CCOc1c(N)cccc1C(=O)NC1CCOC(C)(C)C1. The lowest BCUT2D eigenvalue weighted by Gasteiger charge is -2.35. The Kier molecular flexibility index (Phi) is 4.73. The molecular formula is C16H24N2O3. The van der Waals surface area contributed by atoms with Crippen molar-refractivity contribution < 1.29 is 14.3 Å². The minimum atomic E-state index is -0.200. The van der Waals surface area contributed by atoms with Gasteiger partial charge in [0.05, 0.1) is 23.5 Å². The molecule has 0 aliphatic carbocycles. The van der Waals surface area contributed by atoms with Crippen molar-refractivity contribution >= 4 is 11.6 Å². The van der Waals surface area contributed by atoms with E-state index in [1.807, 2.05) is 20.8 Å². The molecule has 1 heterocycles. The zero-order valence-corrected chi connectivity index (χ0v) is 12.9. The lowest BCUT2D eigenvalue weighted by atomic mass is 9.93. The van der Waals surface area contributed by atoms with Gasteiger partial charge in [-0.3, -0.25) is 4.79 Å². The molecule has 5 heteroatoms. The number of carbonyl (C=O) groups excluding carboxylic acids is 1. The van der Waals surface area contributed by atoms with Crippen molar-refractivity contribution in [3.8, 4) is 5.75 Å². The van der Waals surface area contributed by atoms with Crippen LogP contribution in [-0.2, 0) is 4.74 Å². The predicted octanol–water partition coefficient (Wildman–Crippen LogP) is 2.35. The Balaban J connectivity index is 2.12. The number of hydrogen-bond donors (Lipinski definition) is 2. The summed E-state index contributed by atoms with van der Waals surface area (Å²) >= 11 is 0. The number of rotatable bonds is 4. The van der Waals surface area contributed by atoms with E-state index >= 15 is 0 Å². The molecule has 2 rings (SSSR count). The van der Waals surface area contributed by atoms with Crippen LogP contribution in [0.3, 0.4) is 0 Å². The van der Waals surface area contributed by atoms with Crippen LogP contribution in [0.1, 0.15) is 44.0 Å². The van der Waals surface area contributed by atoms with Gasteiger partial charge in [-0.25, -0.2) is 0 Å². The topological polar surface area (TPSA) is 73.6 Å². The molecule has 3 N–H and O–H groups in total. The van der Waals surface area contributed by atoms with Crippen LogP contribution in [0.25, 0.3) is 0 Å². The third kappa shape index (κ3) is 3.88. The summed E-state index contributed by atoms with van der Waals surface area (Å²) in [6.45, 7) is 7.08. The third-order valence-corrected chi connectivity index (χ3v) is 3.61. The van der Waals surface area contributed by atoms with Gasteiger partial charge < -0.3 is 20.5 Å². The van der Waals surface area contributed by atoms with E-state index in [0.717, 1.165) is 12.8 Å². The maximum absolute atomic E-state index is 12.5. The van der Waals surface area contributed by atoms with E-state index in [1.165, 1.54) is 0 Å². The van der Waals surface area contributed by atoms with Gasteiger partial charge in [0.15, 0.2) is 5.75 Å². The van der Waals surface area contributed by atoms with E-state index in [2.05, 4.69) is 5.32 Å². The molecule has 1 unspecified atom stereocenters. The lowest BCUT2D eigenvalue weighted by molar-refractivity contribution is -0.0615. The minimum absolute atomic E-state index is 0.108. The molecule has 1 aromatic carbocycles. The Morgan fingerprint density at radius 3 is 2.95 bits per heavy atom. The van der Waals surface area contributed by atoms with Gasteiger partial charge in [0.2, 0.25) is 0 Å². The van der Waals surface area contributed by atoms with Crippen LogP contribution in [0.4, 0.5) is 5.69 Å². The smallest absolute Gasteiger partial charge is 0.255 e. The molecule has 1 aliphatic heterocycles. The van der Waals surface area contributed by atoms with Crippen molar-refractivity contribution in [1.29, 1.82) is 0 Å². The Hall–Kier alpha value is -1.75. The molecular weight excluding hydrogens is 268 g/mol. The third-order valence-electron chi connectivity index (χ3n) is 3.61. The van der Waals surface area contributed by atoms with E-state index < -0.39 is 0 Å². The number of para-hydroxylation sites is 1. The highest BCUT2D eigenvalue weighted by Gasteiger charge is 2.30. The van der Waals surface area contributed by atoms with Crippen LogP contribution in [0.5, 0.6) is 5.75 Å². The van der Waals surface area contributed by atoms with Crippen molar-refractivity contribution in [2.45, 2.75) is 45.3 Å². The van der Waals surface area contributed by atoms with Crippen molar-refractivity contribution in [2.75, 3.05) is 18.9 Å². The fraction of sp³-hybridized carbons (Fsp3) is 0.562. The Morgan fingerprint density at radius 1 is 1.52 bits per heavy atom. The van der Waals surface area contributed by atoms with Crippen molar-refractivity contribution in [3.05, 3.63) is 23.8 Å². The summed E-state index contributed by atoms with van der Waals surface area (Å²) in [5, 5.41) is 3.06. The van der Waals surface area contributed by atoms with E-state index in [-0.39, 0.29) is 17.6 Å². The number of amides is 1. The van der Waals surface area contributed by atoms with Crippen molar-refractivity contribution in [2.24, 2.45) is 0 Å². The quantitative estimate of drug-likeness (QED) is 0.835. The summed E-state index contributed by atoms with van der Waals surface area (Å²) in [6, 6.07) is 5.35. The standard InChI is InChI=1S/C16H24N2O3/c1-4-20-14-12(6-5-7-13(14)17)15(19)18-11-8-9-21-16(2,3)10-11/h5-7,11H,4,8-10,17H2,1-3H3,(H,18,19). The largest absolute Gasteiger partial charge is 0.491 e. The maximum Gasteiger partial charge on any atom is 0.255 e. The van der Waals surface area contributed by atoms with Gasteiger partial charge in [-0.1, -0.05) is 6.07 Å². The average molecular weight is 292 g/mol. The van der Waals surface area contributed by atoms with Crippen molar-refractivity contribution in [1.82, 2.24) is 5.32 Å². The van der Waals surface area contributed by atoms with Crippen LogP contribution in [0.2, 0.25) is 0 Å². The van der Waals surface area contributed by atoms with Crippen LogP contribution in [-0.4, -0.2) is 30.8 Å². The molecule has 0 saturated carbocycles. The molecule has 0 spiro atoms. The highest BCUT2D eigenvalue weighted by molar-refractivity contribution is 5.98. The average Bonchev–Trinajstić information content (AvgIpc) is 2.40. The highest BCUT2D eigenvalue weighted by atomic mass is 16.5. The molecule has 0 aromatic heterocycles. The molecule has 0 bridgehead atoms. The highest BCUT2D eigenvalue weighted by Crippen LogP contribution is 2.28. The Bertz CT molecular complexity index is 514. The summed E-state index contributed by atoms with van der Waals surface area (Å²) in [7, 11) is 0. The zero-order valence-electron chi connectivity index (χ0n) is 12.9. The number of carbonyl (C=O) groups is 1. The van der Waals surface area contributed by atoms with Gasteiger partial charge in [-0.2, -0.15) is 0 Å². The van der Waals surface area contributed by atoms with Gasteiger partial charge in [0.25, 0.3) is 5.91 Å². The van der Waals surface area contributed by atoms with Crippen molar-refractivity contribution in [3.63, 3.8) is 0 Å². The number of nitrogen functional groups attached to an aromatic ring is 1. The normalized spacial score (nSPS) is 20.8. The molecule has 1 saturated heterocycles. The maximum atomic E-state index is 12.5. The second kappa shape index (κ2) is 6.35. The number of nitrogens with one attached hydrogen (secondary N) is 1. The first-order valence-corrected chi connectivity index (χ1v) is 7.39. The van der Waals surface area contributed by atoms with E-state index in [1.54, 1.807) is 18.2 Å². The molecule has 1 amide bonds. The minimum Gasteiger partial charge on any atom is -0.491 e. The first kappa shape index (κ1) is 15.6. The van der Waals surface area contributed by atoms with Crippen LogP contribution < -0.4 is 15.8 Å². The number of nitrogens with two attached hydrogens (primary N) is 1. The summed E-state index contributed by atoms with van der Waals surface area (Å²) < 4.78 is 11.2. The lowest BCUT2D eigenvalue weighted by Crippen LogP contribution is -2.45.